The van der Waals surface area contributed by atoms with Crippen molar-refractivity contribution in [1.82, 2.24) is 5.32 Å². The van der Waals surface area contributed by atoms with Gasteiger partial charge in [-0.2, -0.15) is 5.26 Å². The molecule has 5 nitrogen and oxygen atoms in total. The van der Waals surface area contributed by atoms with Gasteiger partial charge in [0.25, 0.3) is 5.91 Å². The summed E-state index contributed by atoms with van der Waals surface area (Å²) in [4.78, 5) is 11.3. The molecule has 0 atom stereocenters. The molecule has 0 saturated heterocycles. The highest BCUT2D eigenvalue weighted by atomic mass is 79.9. The fourth-order valence-electron chi connectivity index (χ4n) is 1.48. The Labute approximate surface area is 114 Å². The van der Waals surface area contributed by atoms with Crippen molar-refractivity contribution in [2.24, 2.45) is 5.73 Å². The Morgan fingerprint density at radius 3 is 2.94 bits per heavy atom. The lowest BCUT2D eigenvalue weighted by molar-refractivity contribution is -0.122. The number of halogens is 1. The van der Waals surface area contributed by atoms with Gasteiger partial charge < -0.3 is 15.8 Å². The lowest BCUT2D eigenvalue weighted by atomic mass is 10.1. The molecule has 96 valence electrons. The molecule has 1 amide bonds. The molecule has 0 fully saturated rings. The highest BCUT2D eigenvalue weighted by molar-refractivity contribution is 9.10. The van der Waals surface area contributed by atoms with Crippen molar-refractivity contribution < 1.29 is 9.53 Å². The van der Waals surface area contributed by atoms with E-state index in [4.69, 9.17) is 15.7 Å². The molecule has 0 aromatic heterocycles. The third-order valence-corrected chi connectivity index (χ3v) is 2.71. The molecule has 0 aliphatic carbocycles. The zero-order chi connectivity index (χ0) is 13.5. The van der Waals surface area contributed by atoms with Gasteiger partial charge >= 0.3 is 0 Å². The van der Waals surface area contributed by atoms with Crippen LogP contribution in [0.4, 0.5) is 0 Å². The standard InChI is InChI=1S/C12H14BrN3O2/c1-8-4-10(13)5-9(6-15)12(8)18-7-11(17)16-3-2-14/h4-5H,3,6-7,15H2,1H3,(H,16,17). The fraction of sp³-hybridized carbons (Fsp3) is 0.333. The van der Waals surface area contributed by atoms with Crippen molar-refractivity contribution in [2.75, 3.05) is 13.2 Å². The smallest absolute Gasteiger partial charge is 0.258 e. The summed E-state index contributed by atoms with van der Waals surface area (Å²) in [6, 6.07) is 5.57. The highest BCUT2D eigenvalue weighted by Gasteiger charge is 2.10. The maximum absolute atomic E-state index is 11.3. The maximum atomic E-state index is 11.3. The first-order valence-corrected chi connectivity index (χ1v) is 6.13. The van der Waals surface area contributed by atoms with Crippen molar-refractivity contribution in [3.8, 4) is 11.8 Å². The quantitative estimate of drug-likeness (QED) is 0.801. The van der Waals surface area contributed by atoms with Crippen molar-refractivity contribution in [3.05, 3.63) is 27.7 Å². The number of ether oxygens (including phenoxy) is 1. The highest BCUT2D eigenvalue weighted by Crippen LogP contribution is 2.27. The monoisotopic (exact) mass is 311 g/mol. The second-order valence-electron chi connectivity index (χ2n) is 3.64. The second-order valence-corrected chi connectivity index (χ2v) is 4.55. The van der Waals surface area contributed by atoms with Crippen LogP contribution in [0.2, 0.25) is 0 Å². The Kier molecular flexibility index (Phi) is 5.62. The molecule has 0 spiro atoms. The van der Waals surface area contributed by atoms with E-state index in [1.165, 1.54) is 0 Å². The molecule has 0 bridgehead atoms. The second kappa shape index (κ2) is 6.99. The first kappa shape index (κ1) is 14.5. The summed E-state index contributed by atoms with van der Waals surface area (Å²) in [6.45, 7) is 2.06. The van der Waals surface area contributed by atoms with E-state index < -0.39 is 0 Å². The number of nitrogens with one attached hydrogen (secondary N) is 1. The van der Waals surface area contributed by atoms with Gasteiger partial charge in [-0.15, -0.1) is 0 Å². The van der Waals surface area contributed by atoms with Gasteiger partial charge in [0.15, 0.2) is 6.61 Å². The third kappa shape index (κ3) is 4.02. The number of nitriles is 1. The van der Waals surface area contributed by atoms with Crippen LogP contribution in [0.5, 0.6) is 5.75 Å². The Hall–Kier alpha value is -1.58. The molecule has 3 N–H and O–H groups in total. The van der Waals surface area contributed by atoms with E-state index in [9.17, 15) is 4.79 Å². The van der Waals surface area contributed by atoms with Gasteiger partial charge in [0.1, 0.15) is 12.3 Å². The van der Waals surface area contributed by atoms with Crippen LogP contribution in [0.3, 0.4) is 0 Å². The van der Waals surface area contributed by atoms with E-state index in [-0.39, 0.29) is 19.1 Å². The van der Waals surface area contributed by atoms with E-state index in [1.807, 2.05) is 25.1 Å². The van der Waals surface area contributed by atoms with E-state index in [1.54, 1.807) is 0 Å². The molecule has 1 aromatic rings. The van der Waals surface area contributed by atoms with Gasteiger partial charge in [-0.3, -0.25) is 4.79 Å². The van der Waals surface area contributed by atoms with Gasteiger partial charge in [0.2, 0.25) is 0 Å². The number of hydrogen-bond donors (Lipinski definition) is 2. The summed E-state index contributed by atoms with van der Waals surface area (Å²) in [5.74, 6) is 0.287. The third-order valence-electron chi connectivity index (χ3n) is 2.25. The Morgan fingerprint density at radius 1 is 1.61 bits per heavy atom. The van der Waals surface area contributed by atoms with Gasteiger partial charge in [-0.05, 0) is 24.6 Å². The van der Waals surface area contributed by atoms with Crippen molar-refractivity contribution in [3.63, 3.8) is 0 Å². The summed E-state index contributed by atoms with van der Waals surface area (Å²) >= 11 is 3.38. The van der Waals surface area contributed by atoms with E-state index in [0.717, 1.165) is 15.6 Å². The molecule has 18 heavy (non-hydrogen) atoms. The minimum absolute atomic E-state index is 0.0226. The van der Waals surface area contributed by atoms with Crippen LogP contribution in [-0.4, -0.2) is 19.1 Å². The van der Waals surface area contributed by atoms with Crippen LogP contribution >= 0.6 is 15.9 Å². The van der Waals surface area contributed by atoms with Crippen LogP contribution in [0.1, 0.15) is 11.1 Å². The molecule has 1 aromatic carbocycles. The first-order valence-electron chi connectivity index (χ1n) is 5.34. The van der Waals surface area contributed by atoms with Crippen LogP contribution in [0.25, 0.3) is 0 Å². The number of rotatable bonds is 5. The Bertz CT molecular complexity index is 483. The molecule has 0 aliphatic rings. The first-order chi connectivity index (χ1) is 8.58. The summed E-state index contributed by atoms with van der Waals surface area (Å²) in [5.41, 5.74) is 7.36. The molecule has 6 heteroatoms. The topological polar surface area (TPSA) is 88.1 Å². The van der Waals surface area contributed by atoms with E-state index in [0.29, 0.717) is 12.3 Å². The molecular weight excluding hydrogens is 298 g/mol. The van der Waals surface area contributed by atoms with Gasteiger partial charge in [0.05, 0.1) is 6.07 Å². The van der Waals surface area contributed by atoms with E-state index >= 15 is 0 Å². The van der Waals surface area contributed by atoms with Crippen molar-refractivity contribution in [2.45, 2.75) is 13.5 Å². The van der Waals surface area contributed by atoms with Crippen LogP contribution < -0.4 is 15.8 Å². The van der Waals surface area contributed by atoms with Gasteiger partial charge in [-0.1, -0.05) is 15.9 Å². The molecule has 0 heterocycles. The normalized spacial score (nSPS) is 9.67. The number of hydrogen-bond acceptors (Lipinski definition) is 4. The Balaban J connectivity index is 2.73. The molecular formula is C12H14BrN3O2. The molecule has 0 radical (unpaired) electrons. The summed E-state index contributed by atoms with van der Waals surface area (Å²) in [7, 11) is 0. The van der Waals surface area contributed by atoms with Crippen molar-refractivity contribution in [1.29, 1.82) is 5.26 Å². The summed E-state index contributed by atoms with van der Waals surface area (Å²) in [6.07, 6.45) is 0. The van der Waals surface area contributed by atoms with Gasteiger partial charge in [0, 0.05) is 16.6 Å². The molecule has 1 rings (SSSR count). The maximum Gasteiger partial charge on any atom is 0.258 e. The minimum Gasteiger partial charge on any atom is -0.483 e. The number of carbonyl (C=O) groups excluding carboxylic acids is 1. The zero-order valence-corrected chi connectivity index (χ0v) is 11.6. The lowest BCUT2D eigenvalue weighted by Crippen LogP contribution is -2.29. The van der Waals surface area contributed by atoms with Crippen LogP contribution in [0, 0.1) is 18.3 Å². The number of aryl methyl sites for hydroxylation is 1. The number of benzene rings is 1. The number of nitrogens with two attached hydrogens (primary N) is 1. The van der Waals surface area contributed by atoms with Crippen molar-refractivity contribution >= 4 is 21.8 Å². The van der Waals surface area contributed by atoms with E-state index in [2.05, 4.69) is 21.2 Å². The number of amides is 1. The van der Waals surface area contributed by atoms with Gasteiger partial charge in [-0.25, -0.2) is 0 Å². The zero-order valence-electron chi connectivity index (χ0n) is 10.00. The molecule has 0 unspecified atom stereocenters. The average Bonchev–Trinajstić information content (AvgIpc) is 2.34. The average molecular weight is 312 g/mol. The molecule has 0 saturated carbocycles. The lowest BCUT2D eigenvalue weighted by Gasteiger charge is -2.13. The van der Waals surface area contributed by atoms with Crippen LogP contribution in [0.15, 0.2) is 16.6 Å². The summed E-state index contributed by atoms with van der Waals surface area (Å²) < 4.78 is 6.37. The summed E-state index contributed by atoms with van der Waals surface area (Å²) in [5, 5.41) is 10.7. The number of carbonyl (C=O) groups is 1. The van der Waals surface area contributed by atoms with Crippen LogP contribution in [-0.2, 0) is 11.3 Å². The predicted molar refractivity (Wildman–Crippen MR) is 70.9 cm³/mol. The SMILES string of the molecule is Cc1cc(Br)cc(CN)c1OCC(=O)NCC#N. The number of nitrogens with zero attached hydrogens (tertiary/aromatic N) is 1. The fourth-order valence-corrected chi connectivity index (χ4v) is 2.10. The Morgan fingerprint density at radius 2 is 2.33 bits per heavy atom. The predicted octanol–water partition coefficient (Wildman–Crippen LogP) is 1.23. The minimum atomic E-state index is -0.332. The largest absolute Gasteiger partial charge is 0.483 e. The molecule has 0 aliphatic heterocycles.